The molecule has 0 fully saturated rings. The summed E-state index contributed by atoms with van der Waals surface area (Å²) in [6, 6.07) is 12.1. The number of aromatic nitrogens is 4. The van der Waals surface area contributed by atoms with Crippen LogP contribution < -0.4 is 11.2 Å². The molecule has 6 nitrogen and oxygen atoms in total. The van der Waals surface area contributed by atoms with E-state index in [1.807, 2.05) is 30.3 Å². The normalized spacial score (nSPS) is 11.5. The first-order chi connectivity index (χ1) is 12.4. The molecule has 0 radical (unpaired) electrons. The molecule has 2 aromatic heterocycles. The van der Waals surface area contributed by atoms with Gasteiger partial charge in [0.05, 0.1) is 6.54 Å². The van der Waals surface area contributed by atoms with Gasteiger partial charge in [-0.1, -0.05) is 30.3 Å². The van der Waals surface area contributed by atoms with E-state index < -0.39 is 0 Å². The molecular formula is C19H17BrN4O2. The summed E-state index contributed by atoms with van der Waals surface area (Å²) in [6.07, 6.45) is 0. The van der Waals surface area contributed by atoms with Crippen LogP contribution in [-0.2, 0) is 20.6 Å². The van der Waals surface area contributed by atoms with Gasteiger partial charge in [-0.25, -0.2) is 9.78 Å². The molecule has 0 amide bonds. The maximum atomic E-state index is 12.9. The minimum atomic E-state index is -0.377. The summed E-state index contributed by atoms with van der Waals surface area (Å²) >= 11 is 3.32. The zero-order valence-corrected chi connectivity index (χ0v) is 16.2. The zero-order chi connectivity index (χ0) is 18.6. The number of halogens is 1. The number of benzene rings is 2. The van der Waals surface area contributed by atoms with Crippen molar-refractivity contribution in [2.45, 2.75) is 13.5 Å². The van der Waals surface area contributed by atoms with E-state index >= 15 is 0 Å². The smallest absolute Gasteiger partial charge is 0.316 e. The molecule has 4 rings (SSSR count). The Bertz CT molecular complexity index is 1300. The quantitative estimate of drug-likeness (QED) is 0.475. The largest absolute Gasteiger partial charge is 0.332 e. The van der Waals surface area contributed by atoms with Gasteiger partial charge < -0.3 is 4.57 Å². The van der Waals surface area contributed by atoms with Crippen LogP contribution in [0.15, 0.2) is 50.7 Å². The minimum absolute atomic E-state index is 0.216. The lowest BCUT2D eigenvalue weighted by Crippen LogP contribution is -2.39. The van der Waals surface area contributed by atoms with Crippen LogP contribution in [0, 0.1) is 6.92 Å². The van der Waals surface area contributed by atoms with Crippen molar-refractivity contribution < 1.29 is 0 Å². The molecule has 0 atom stereocenters. The fourth-order valence-corrected chi connectivity index (χ4v) is 3.68. The molecule has 0 spiro atoms. The molecule has 0 aliphatic rings. The van der Waals surface area contributed by atoms with Gasteiger partial charge in [-0.3, -0.25) is 13.9 Å². The number of hydrogen-bond acceptors (Lipinski definition) is 3. The third-order valence-electron chi connectivity index (χ3n) is 4.81. The van der Waals surface area contributed by atoms with E-state index in [-0.39, 0.29) is 17.8 Å². The van der Waals surface area contributed by atoms with E-state index in [9.17, 15) is 9.59 Å². The summed E-state index contributed by atoms with van der Waals surface area (Å²) in [4.78, 5) is 29.9. The van der Waals surface area contributed by atoms with Crippen LogP contribution in [0.2, 0.25) is 0 Å². The Morgan fingerprint density at radius 1 is 1.08 bits per heavy atom. The number of fused-ring (bicyclic) bond motifs is 2. The Morgan fingerprint density at radius 3 is 2.62 bits per heavy atom. The van der Waals surface area contributed by atoms with Gasteiger partial charge in [-0.05, 0) is 50.8 Å². The molecule has 0 aliphatic heterocycles. The lowest BCUT2D eigenvalue weighted by Gasteiger charge is -2.10. The number of nitrogens with zero attached hydrogens (tertiary/aromatic N) is 4. The van der Waals surface area contributed by atoms with Crippen molar-refractivity contribution in [1.82, 2.24) is 18.7 Å². The van der Waals surface area contributed by atoms with Crippen LogP contribution in [-0.4, -0.2) is 18.7 Å². The lowest BCUT2D eigenvalue weighted by atomic mass is 10.0. The van der Waals surface area contributed by atoms with Gasteiger partial charge >= 0.3 is 5.69 Å². The molecule has 0 saturated heterocycles. The van der Waals surface area contributed by atoms with Crippen molar-refractivity contribution in [3.63, 3.8) is 0 Å². The van der Waals surface area contributed by atoms with Crippen molar-refractivity contribution in [2.24, 2.45) is 14.1 Å². The molecule has 132 valence electrons. The minimum Gasteiger partial charge on any atom is -0.316 e. The highest BCUT2D eigenvalue weighted by molar-refractivity contribution is 9.10. The maximum Gasteiger partial charge on any atom is 0.332 e. The zero-order valence-electron chi connectivity index (χ0n) is 14.7. The summed E-state index contributed by atoms with van der Waals surface area (Å²) in [5.74, 6) is 0. The van der Waals surface area contributed by atoms with E-state index in [4.69, 9.17) is 0 Å². The summed E-state index contributed by atoms with van der Waals surface area (Å²) < 4.78 is 4.83. The van der Waals surface area contributed by atoms with Gasteiger partial charge in [-0.2, -0.15) is 0 Å². The number of hydrogen-bond donors (Lipinski definition) is 0. The Hall–Kier alpha value is -2.67. The van der Waals surface area contributed by atoms with Crippen LogP contribution in [0.5, 0.6) is 0 Å². The topological polar surface area (TPSA) is 61.8 Å². The third-order valence-corrected chi connectivity index (χ3v) is 5.52. The van der Waals surface area contributed by atoms with Gasteiger partial charge in [0.2, 0.25) is 0 Å². The summed E-state index contributed by atoms with van der Waals surface area (Å²) in [5.41, 5.74) is 2.16. The molecule has 0 unspecified atom stereocenters. The van der Waals surface area contributed by atoms with Crippen molar-refractivity contribution in [2.75, 3.05) is 0 Å². The number of aryl methyl sites for hydroxylation is 3. The van der Waals surface area contributed by atoms with Gasteiger partial charge in [0.25, 0.3) is 5.56 Å². The van der Waals surface area contributed by atoms with Crippen LogP contribution in [0.1, 0.15) is 11.1 Å². The van der Waals surface area contributed by atoms with Crippen molar-refractivity contribution in [3.8, 4) is 0 Å². The van der Waals surface area contributed by atoms with E-state index in [0.717, 1.165) is 10.9 Å². The first-order valence-electron chi connectivity index (χ1n) is 8.18. The van der Waals surface area contributed by atoms with Gasteiger partial charge in [-0.15, -0.1) is 0 Å². The Balaban J connectivity index is 1.92. The van der Waals surface area contributed by atoms with Gasteiger partial charge in [0, 0.05) is 14.1 Å². The number of rotatable bonds is 2. The second kappa shape index (κ2) is 5.95. The molecule has 2 aromatic carbocycles. The standard InChI is InChI=1S/C19H17BrN4O2/c1-11-5-4-6-13-9-12(7-8-14(11)13)10-24-17(25)15-16(23(3)19(24)26)21-18(20)22(15)2/h4-9H,10H2,1-3H3. The molecule has 0 saturated carbocycles. The van der Waals surface area contributed by atoms with E-state index in [1.165, 1.54) is 20.1 Å². The molecule has 7 heteroatoms. The SMILES string of the molecule is Cc1cccc2cc(Cn3c(=O)c4c(nc(Br)n4C)n(C)c3=O)ccc12. The summed E-state index contributed by atoms with van der Waals surface area (Å²) in [5, 5.41) is 2.26. The molecule has 26 heavy (non-hydrogen) atoms. The first kappa shape index (κ1) is 16.8. The highest BCUT2D eigenvalue weighted by atomic mass is 79.9. The van der Waals surface area contributed by atoms with Crippen LogP contribution >= 0.6 is 15.9 Å². The fraction of sp³-hybridized carbons (Fsp3) is 0.211. The molecule has 4 aromatic rings. The second-order valence-corrected chi connectivity index (χ2v) is 7.18. The third kappa shape index (κ3) is 2.42. The van der Waals surface area contributed by atoms with Crippen molar-refractivity contribution >= 4 is 37.9 Å². The first-order valence-corrected chi connectivity index (χ1v) is 8.98. The predicted molar refractivity (Wildman–Crippen MR) is 106 cm³/mol. The average Bonchev–Trinajstić information content (AvgIpc) is 2.92. The van der Waals surface area contributed by atoms with E-state index in [0.29, 0.717) is 15.9 Å². The van der Waals surface area contributed by atoms with Crippen LogP contribution in [0.25, 0.3) is 21.9 Å². The van der Waals surface area contributed by atoms with Crippen molar-refractivity contribution in [1.29, 1.82) is 0 Å². The summed E-state index contributed by atoms with van der Waals surface area (Å²) in [7, 11) is 3.37. The number of imidazole rings is 1. The predicted octanol–water partition coefficient (Wildman–Crippen LogP) is 2.71. The van der Waals surface area contributed by atoms with E-state index in [1.54, 1.807) is 18.7 Å². The van der Waals surface area contributed by atoms with E-state index in [2.05, 4.69) is 33.9 Å². The highest BCUT2D eigenvalue weighted by Crippen LogP contribution is 2.20. The maximum absolute atomic E-state index is 12.9. The van der Waals surface area contributed by atoms with Crippen molar-refractivity contribution in [3.05, 3.63) is 73.1 Å². The Kier molecular flexibility index (Phi) is 3.84. The molecule has 0 bridgehead atoms. The monoisotopic (exact) mass is 412 g/mol. The average molecular weight is 413 g/mol. The lowest BCUT2D eigenvalue weighted by molar-refractivity contribution is 0.655. The molecule has 0 aliphatic carbocycles. The molecular weight excluding hydrogens is 396 g/mol. The molecule has 0 N–H and O–H groups in total. The molecule has 2 heterocycles. The Morgan fingerprint density at radius 2 is 1.85 bits per heavy atom. The fourth-order valence-electron chi connectivity index (χ4n) is 3.33. The highest BCUT2D eigenvalue weighted by Gasteiger charge is 2.17. The van der Waals surface area contributed by atoms with Gasteiger partial charge in [0.1, 0.15) is 0 Å². The van der Waals surface area contributed by atoms with Crippen LogP contribution in [0.3, 0.4) is 0 Å². The summed E-state index contributed by atoms with van der Waals surface area (Å²) in [6.45, 7) is 2.28. The Labute approximate surface area is 157 Å². The van der Waals surface area contributed by atoms with Crippen LogP contribution in [0.4, 0.5) is 0 Å². The second-order valence-electron chi connectivity index (χ2n) is 6.48. The van der Waals surface area contributed by atoms with Gasteiger partial charge in [0.15, 0.2) is 15.9 Å².